The molecule has 2 rings (SSSR count). The third-order valence-corrected chi connectivity index (χ3v) is 5.33. The Morgan fingerprint density at radius 1 is 1.09 bits per heavy atom. The van der Waals surface area contributed by atoms with E-state index in [2.05, 4.69) is 5.32 Å². The lowest BCUT2D eigenvalue weighted by atomic mass is 10.1. The predicted octanol–water partition coefficient (Wildman–Crippen LogP) is 3.36. The van der Waals surface area contributed by atoms with Crippen LogP contribution in [0.2, 0.25) is 0 Å². The van der Waals surface area contributed by atoms with Crippen LogP contribution in [0.4, 0.5) is 5.69 Å². The molecule has 0 heterocycles. The minimum absolute atomic E-state index is 0.0629. The second kappa shape index (κ2) is 7.42. The van der Waals surface area contributed by atoms with Gasteiger partial charge in [0.05, 0.1) is 10.6 Å². The highest BCUT2D eigenvalue weighted by Crippen LogP contribution is 2.15. The van der Waals surface area contributed by atoms with E-state index in [0.717, 1.165) is 17.5 Å². The van der Waals surface area contributed by atoms with Crippen LogP contribution in [0.1, 0.15) is 24.5 Å². The number of carbonyl (C=O) groups excluding carboxylic acids is 1. The summed E-state index contributed by atoms with van der Waals surface area (Å²) in [6.45, 7) is 3.93. The fourth-order valence-corrected chi connectivity index (χ4v) is 3.42. The fraction of sp³-hybridized carbons (Fsp3) is 0.278. The molecule has 2 aromatic rings. The van der Waals surface area contributed by atoms with Crippen molar-refractivity contribution >= 4 is 21.4 Å². The maximum atomic E-state index is 12.2. The van der Waals surface area contributed by atoms with Gasteiger partial charge >= 0.3 is 0 Å². The van der Waals surface area contributed by atoms with Crippen molar-refractivity contribution < 1.29 is 13.2 Å². The summed E-state index contributed by atoms with van der Waals surface area (Å²) in [4.78, 5) is 12.2. The Labute approximate surface area is 137 Å². The number of anilines is 1. The van der Waals surface area contributed by atoms with Gasteiger partial charge in [-0.05, 0) is 43.2 Å². The molecule has 5 heteroatoms. The van der Waals surface area contributed by atoms with Gasteiger partial charge in [-0.25, -0.2) is 8.42 Å². The molecule has 23 heavy (non-hydrogen) atoms. The lowest BCUT2D eigenvalue weighted by molar-refractivity contribution is -0.115. The molecule has 0 fully saturated rings. The van der Waals surface area contributed by atoms with Crippen molar-refractivity contribution in [3.63, 3.8) is 0 Å². The molecular formula is C18H21NO3S. The molecule has 122 valence electrons. The average molecular weight is 331 g/mol. The van der Waals surface area contributed by atoms with Gasteiger partial charge in [-0.3, -0.25) is 4.79 Å². The van der Waals surface area contributed by atoms with Crippen LogP contribution in [0.25, 0.3) is 0 Å². The van der Waals surface area contributed by atoms with E-state index in [0.29, 0.717) is 5.69 Å². The zero-order chi connectivity index (χ0) is 16.9. The van der Waals surface area contributed by atoms with Gasteiger partial charge in [0, 0.05) is 12.1 Å². The Hall–Kier alpha value is -2.14. The van der Waals surface area contributed by atoms with Crippen LogP contribution in [-0.2, 0) is 21.1 Å². The van der Waals surface area contributed by atoms with E-state index in [-0.39, 0.29) is 23.0 Å². The van der Waals surface area contributed by atoms with Gasteiger partial charge < -0.3 is 5.32 Å². The number of aryl methyl sites for hydroxylation is 2. The van der Waals surface area contributed by atoms with Crippen molar-refractivity contribution in [2.75, 3.05) is 11.1 Å². The zero-order valence-corrected chi connectivity index (χ0v) is 14.2. The summed E-state index contributed by atoms with van der Waals surface area (Å²) in [6, 6.07) is 14.2. The van der Waals surface area contributed by atoms with E-state index in [9.17, 15) is 13.2 Å². The molecule has 2 aromatic carbocycles. The third kappa shape index (κ3) is 4.93. The van der Waals surface area contributed by atoms with E-state index in [1.807, 2.05) is 32.0 Å². The average Bonchev–Trinajstić information content (AvgIpc) is 2.54. The molecule has 0 unspecified atom stereocenters. The monoisotopic (exact) mass is 331 g/mol. The van der Waals surface area contributed by atoms with Gasteiger partial charge in [-0.1, -0.05) is 36.8 Å². The van der Waals surface area contributed by atoms with Crippen LogP contribution >= 0.6 is 0 Å². The highest BCUT2D eigenvalue weighted by molar-refractivity contribution is 7.91. The molecule has 0 saturated heterocycles. The summed E-state index contributed by atoms with van der Waals surface area (Å²) in [5.41, 5.74) is 2.81. The van der Waals surface area contributed by atoms with Crippen LogP contribution in [0, 0.1) is 6.92 Å². The Bertz CT molecular complexity index is 780. The van der Waals surface area contributed by atoms with E-state index in [4.69, 9.17) is 0 Å². The summed E-state index contributed by atoms with van der Waals surface area (Å²) >= 11 is 0. The molecule has 0 aliphatic rings. The number of carbonyl (C=O) groups is 1. The van der Waals surface area contributed by atoms with Crippen molar-refractivity contribution in [1.29, 1.82) is 0 Å². The van der Waals surface area contributed by atoms with Crippen LogP contribution < -0.4 is 5.32 Å². The number of nitrogens with one attached hydrogen (secondary N) is 1. The molecule has 0 aromatic heterocycles. The molecule has 0 spiro atoms. The summed E-state index contributed by atoms with van der Waals surface area (Å²) in [7, 11) is -3.44. The standard InChI is InChI=1S/C18H21NO3S/c1-3-15-5-4-6-16(13-15)19-18(20)11-12-23(21,22)17-9-7-14(2)8-10-17/h4-10,13H,3,11-12H2,1-2H3,(H,19,20). The van der Waals surface area contributed by atoms with Gasteiger partial charge in [0.15, 0.2) is 9.84 Å². The maximum Gasteiger partial charge on any atom is 0.225 e. The van der Waals surface area contributed by atoms with Crippen LogP contribution in [-0.4, -0.2) is 20.1 Å². The summed E-state index contributed by atoms with van der Waals surface area (Å²) in [5, 5.41) is 2.75. The van der Waals surface area contributed by atoms with Crippen molar-refractivity contribution in [1.82, 2.24) is 0 Å². The molecule has 1 amide bonds. The number of benzene rings is 2. The van der Waals surface area contributed by atoms with Crippen molar-refractivity contribution in [3.05, 3.63) is 59.7 Å². The quantitative estimate of drug-likeness (QED) is 0.883. The van der Waals surface area contributed by atoms with E-state index < -0.39 is 9.84 Å². The topological polar surface area (TPSA) is 63.2 Å². The van der Waals surface area contributed by atoms with Crippen molar-refractivity contribution in [2.24, 2.45) is 0 Å². The molecule has 0 aliphatic heterocycles. The first-order valence-electron chi connectivity index (χ1n) is 7.59. The van der Waals surface area contributed by atoms with Gasteiger partial charge in [0.1, 0.15) is 0 Å². The first-order chi connectivity index (χ1) is 10.9. The van der Waals surface area contributed by atoms with Crippen LogP contribution in [0.3, 0.4) is 0 Å². The lowest BCUT2D eigenvalue weighted by Crippen LogP contribution is -2.17. The Kier molecular flexibility index (Phi) is 5.55. The van der Waals surface area contributed by atoms with E-state index >= 15 is 0 Å². The predicted molar refractivity (Wildman–Crippen MR) is 92.3 cm³/mol. The van der Waals surface area contributed by atoms with Gasteiger partial charge in [-0.15, -0.1) is 0 Å². The number of amides is 1. The molecule has 0 aliphatic carbocycles. The highest BCUT2D eigenvalue weighted by atomic mass is 32.2. The second-order valence-corrected chi connectivity index (χ2v) is 7.59. The Morgan fingerprint density at radius 2 is 1.78 bits per heavy atom. The van der Waals surface area contributed by atoms with Crippen molar-refractivity contribution in [2.45, 2.75) is 31.6 Å². The summed E-state index contributed by atoms with van der Waals surface area (Å²) < 4.78 is 24.4. The van der Waals surface area contributed by atoms with Crippen LogP contribution in [0.15, 0.2) is 53.4 Å². The Balaban J connectivity index is 1.96. The second-order valence-electron chi connectivity index (χ2n) is 5.48. The number of hydrogen-bond donors (Lipinski definition) is 1. The van der Waals surface area contributed by atoms with Crippen molar-refractivity contribution in [3.8, 4) is 0 Å². The first kappa shape index (κ1) is 17.2. The minimum Gasteiger partial charge on any atom is -0.326 e. The molecule has 4 nitrogen and oxygen atoms in total. The highest BCUT2D eigenvalue weighted by Gasteiger charge is 2.16. The molecule has 0 radical (unpaired) electrons. The summed E-state index contributed by atoms with van der Waals surface area (Å²) in [5.74, 6) is -0.496. The lowest BCUT2D eigenvalue weighted by Gasteiger charge is -2.08. The zero-order valence-electron chi connectivity index (χ0n) is 13.4. The van der Waals surface area contributed by atoms with Crippen LogP contribution in [0.5, 0.6) is 0 Å². The molecule has 1 N–H and O–H groups in total. The largest absolute Gasteiger partial charge is 0.326 e. The van der Waals surface area contributed by atoms with E-state index in [1.54, 1.807) is 30.3 Å². The molecule has 0 bridgehead atoms. The molecule has 0 saturated carbocycles. The molecule has 0 atom stereocenters. The fourth-order valence-electron chi connectivity index (χ4n) is 2.18. The van der Waals surface area contributed by atoms with Gasteiger partial charge in [0.25, 0.3) is 0 Å². The first-order valence-corrected chi connectivity index (χ1v) is 9.24. The SMILES string of the molecule is CCc1cccc(NC(=O)CCS(=O)(=O)c2ccc(C)cc2)c1. The maximum absolute atomic E-state index is 12.2. The number of sulfone groups is 1. The van der Waals surface area contributed by atoms with Gasteiger partial charge in [-0.2, -0.15) is 0 Å². The normalized spacial score (nSPS) is 11.2. The number of rotatable bonds is 6. The number of hydrogen-bond acceptors (Lipinski definition) is 3. The van der Waals surface area contributed by atoms with E-state index in [1.165, 1.54) is 0 Å². The Morgan fingerprint density at radius 3 is 2.43 bits per heavy atom. The smallest absolute Gasteiger partial charge is 0.225 e. The minimum atomic E-state index is -3.44. The summed E-state index contributed by atoms with van der Waals surface area (Å²) in [6.07, 6.45) is 0.818. The van der Waals surface area contributed by atoms with Gasteiger partial charge in [0.2, 0.25) is 5.91 Å². The molecular weight excluding hydrogens is 310 g/mol. The third-order valence-electron chi connectivity index (χ3n) is 3.60.